The molecule has 2 aromatic carbocycles. The molecule has 1 aromatic heterocycles. The highest BCUT2D eigenvalue weighted by Crippen LogP contribution is 2.09. The van der Waals surface area contributed by atoms with Gasteiger partial charge in [-0.05, 0) is 23.5 Å². The second-order valence-corrected chi connectivity index (χ2v) is 10.4. The highest BCUT2D eigenvalue weighted by atomic mass is 16.4. The van der Waals surface area contributed by atoms with E-state index in [-0.39, 0.29) is 25.2 Å². The van der Waals surface area contributed by atoms with Gasteiger partial charge in [0.25, 0.3) is 0 Å². The number of rotatable bonds is 15. The second kappa shape index (κ2) is 15.3. The third-order valence-corrected chi connectivity index (χ3v) is 6.49. The van der Waals surface area contributed by atoms with Gasteiger partial charge in [0.05, 0.1) is 12.4 Å². The molecular formula is C30H38N6O5. The number of carbonyl (C=O) groups is 4. The number of carbonyl (C=O) groups excluding carboxylic acids is 3. The monoisotopic (exact) mass is 562 g/mol. The lowest BCUT2D eigenvalue weighted by molar-refractivity contribution is -0.142. The summed E-state index contributed by atoms with van der Waals surface area (Å²) in [5.41, 5.74) is 8.15. The van der Waals surface area contributed by atoms with Gasteiger partial charge in [-0.3, -0.25) is 14.4 Å². The lowest BCUT2D eigenvalue weighted by Gasteiger charge is -2.25. The molecule has 218 valence electrons. The van der Waals surface area contributed by atoms with Crippen LogP contribution in [0.2, 0.25) is 0 Å². The van der Waals surface area contributed by atoms with Gasteiger partial charge < -0.3 is 31.8 Å². The lowest BCUT2D eigenvalue weighted by atomic mass is 10.0. The fourth-order valence-corrected chi connectivity index (χ4v) is 4.37. The number of nitrogens with zero attached hydrogens (tertiary/aromatic N) is 1. The first-order valence-corrected chi connectivity index (χ1v) is 13.6. The summed E-state index contributed by atoms with van der Waals surface area (Å²) in [4.78, 5) is 58.8. The van der Waals surface area contributed by atoms with Crippen molar-refractivity contribution in [2.45, 2.75) is 63.7 Å². The number of hydrogen-bond acceptors (Lipinski definition) is 6. The maximum Gasteiger partial charge on any atom is 0.326 e. The van der Waals surface area contributed by atoms with Crippen molar-refractivity contribution < 1.29 is 24.3 Å². The van der Waals surface area contributed by atoms with Crippen molar-refractivity contribution >= 4 is 23.7 Å². The van der Waals surface area contributed by atoms with Crippen LogP contribution in [0.5, 0.6) is 0 Å². The Kier molecular flexibility index (Phi) is 11.6. The number of imidazole rings is 1. The number of H-pyrrole nitrogens is 1. The smallest absolute Gasteiger partial charge is 0.326 e. The predicted octanol–water partition coefficient (Wildman–Crippen LogP) is 1.35. The van der Waals surface area contributed by atoms with Gasteiger partial charge in [0.2, 0.25) is 17.7 Å². The zero-order valence-electron chi connectivity index (χ0n) is 23.2. The van der Waals surface area contributed by atoms with Crippen LogP contribution in [0.15, 0.2) is 73.2 Å². The molecule has 7 N–H and O–H groups in total. The first-order chi connectivity index (χ1) is 19.6. The lowest BCUT2D eigenvalue weighted by Crippen LogP contribution is -2.58. The molecule has 11 heteroatoms. The first kappa shape index (κ1) is 31.0. The molecule has 0 fully saturated rings. The van der Waals surface area contributed by atoms with Crippen molar-refractivity contribution in [1.82, 2.24) is 25.9 Å². The van der Waals surface area contributed by atoms with Crippen LogP contribution in [0.4, 0.5) is 0 Å². The highest BCUT2D eigenvalue weighted by Gasteiger charge is 2.31. The molecule has 4 atom stereocenters. The van der Waals surface area contributed by atoms with E-state index in [0.717, 1.165) is 11.1 Å². The molecule has 4 unspecified atom stereocenters. The number of benzene rings is 2. The van der Waals surface area contributed by atoms with Crippen LogP contribution in [0.3, 0.4) is 0 Å². The average molecular weight is 563 g/mol. The maximum atomic E-state index is 13.6. The van der Waals surface area contributed by atoms with Crippen LogP contribution in [0, 0.1) is 5.92 Å². The Morgan fingerprint density at radius 3 is 1.76 bits per heavy atom. The maximum absolute atomic E-state index is 13.6. The Hall–Kier alpha value is -4.51. The molecule has 41 heavy (non-hydrogen) atoms. The molecular weight excluding hydrogens is 524 g/mol. The van der Waals surface area contributed by atoms with Crippen LogP contribution < -0.4 is 21.7 Å². The standard InChI is InChI=1S/C30H38N6O5/c1-19(2)13-23(31)27(37)34-25(16-22-17-32-18-33-22)29(39)35-24(14-20-9-5-3-6-10-20)28(38)36-26(30(40)41)15-21-11-7-4-8-12-21/h3-12,17-19,23-26H,13-16,31H2,1-2H3,(H,32,33)(H,34,37)(H,35,39)(H,36,38)(H,40,41). The van der Waals surface area contributed by atoms with E-state index in [0.29, 0.717) is 12.1 Å². The summed E-state index contributed by atoms with van der Waals surface area (Å²) in [5, 5.41) is 17.8. The van der Waals surface area contributed by atoms with Gasteiger partial charge in [0.1, 0.15) is 18.1 Å². The van der Waals surface area contributed by atoms with E-state index in [1.54, 1.807) is 48.5 Å². The minimum atomic E-state index is -1.21. The molecule has 3 aromatic rings. The van der Waals surface area contributed by atoms with Crippen LogP contribution in [-0.4, -0.2) is 62.9 Å². The van der Waals surface area contributed by atoms with E-state index < -0.39 is 47.9 Å². The molecule has 3 amide bonds. The van der Waals surface area contributed by atoms with Gasteiger partial charge in [-0.25, -0.2) is 9.78 Å². The molecule has 0 aliphatic carbocycles. The Balaban J connectivity index is 1.81. The van der Waals surface area contributed by atoms with Crippen LogP contribution in [0.25, 0.3) is 0 Å². The largest absolute Gasteiger partial charge is 0.480 e. The normalized spacial score (nSPS) is 14.0. The molecule has 0 aliphatic rings. The van der Waals surface area contributed by atoms with Gasteiger partial charge >= 0.3 is 5.97 Å². The van der Waals surface area contributed by atoms with Gasteiger partial charge in [-0.2, -0.15) is 0 Å². The number of aromatic amines is 1. The number of carboxylic acids is 1. The Morgan fingerprint density at radius 1 is 0.780 bits per heavy atom. The fourth-order valence-electron chi connectivity index (χ4n) is 4.37. The summed E-state index contributed by atoms with van der Waals surface area (Å²) < 4.78 is 0. The molecule has 0 bridgehead atoms. The Bertz CT molecular complexity index is 1270. The van der Waals surface area contributed by atoms with Crippen molar-refractivity contribution in [3.05, 3.63) is 90.0 Å². The minimum absolute atomic E-state index is 0.0696. The number of nitrogens with two attached hydrogens (primary N) is 1. The first-order valence-electron chi connectivity index (χ1n) is 13.6. The zero-order valence-corrected chi connectivity index (χ0v) is 23.2. The van der Waals surface area contributed by atoms with E-state index in [1.807, 2.05) is 26.0 Å². The third kappa shape index (κ3) is 10.2. The van der Waals surface area contributed by atoms with Gasteiger partial charge in [-0.15, -0.1) is 0 Å². The number of aromatic nitrogens is 2. The van der Waals surface area contributed by atoms with Crippen molar-refractivity contribution in [3.63, 3.8) is 0 Å². The molecule has 3 rings (SSSR count). The summed E-state index contributed by atoms with van der Waals surface area (Å²) in [5.74, 6) is -2.79. The molecule has 0 radical (unpaired) electrons. The van der Waals surface area contributed by atoms with E-state index >= 15 is 0 Å². The van der Waals surface area contributed by atoms with E-state index in [4.69, 9.17) is 5.73 Å². The summed E-state index contributed by atoms with van der Waals surface area (Å²) in [6.45, 7) is 3.88. The van der Waals surface area contributed by atoms with E-state index in [1.165, 1.54) is 12.5 Å². The van der Waals surface area contributed by atoms with Crippen LogP contribution in [0.1, 0.15) is 37.1 Å². The summed E-state index contributed by atoms with van der Waals surface area (Å²) in [6.07, 6.45) is 3.68. The number of amides is 3. The molecule has 0 saturated carbocycles. The number of carboxylic acid groups (broad SMARTS) is 1. The van der Waals surface area contributed by atoms with Crippen molar-refractivity contribution in [2.24, 2.45) is 11.7 Å². The number of hydrogen-bond donors (Lipinski definition) is 6. The quantitative estimate of drug-likeness (QED) is 0.162. The molecule has 11 nitrogen and oxygen atoms in total. The van der Waals surface area contributed by atoms with Crippen LogP contribution >= 0.6 is 0 Å². The van der Waals surface area contributed by atoms with Gasteiger partial charge in [0.15, 0.2) is 0 Å². The predicted molar refractivity (Wildman–Crippen MR) is 153 cm³/mol. The zero-order chi connectivity index (χ0) is 29.8. The Morgan fingerprint density at radius 2 is 1.27 bits per heavy atom. The SMILES string of the molecule is CC(C)CC(N)C(=O)NC(Cc1cnc[nH]1)C(=O)NC(Cc1ccccc1)C(=O)NC(Cc1ccccc1)C(=O)O. The van der Waals surface area contributed by atoms with Crippen LogP contribution in [-0.2, 0) is 38.4 Å². The van der Waals surface area contributed by atoms with E-state index in [2.05, 4.69) is 25.9 Å². The topological polar surface area (TPSA) is 179 Å². The van der Waals surface area contributed by atoms with Crippen molar-refractivity contribution in [2.75, 3.05) is 0 Å². The average Bonchev–Trinajstić information content (AvgIpc) is 3.45. The molecule has 0 saturated heterocycles. The minimum Gasteiger partial charge on any atom is -0.480 e. The van der Waals surface area contributed by atoms with E-state index in [9.17, 15) is 24.3 Å². The Labute approximate surface area is 239 Å². The second-order valence-electron chi connectivity index (χ2n) is 10.4. The van der Waals surface area contributed by atoms with Gasteiger partial charge in [0, 0.05) is 31.2 Å². The highest BCUT2D eigenvalue weighted by molar-refractivity contribution is 5.94. The summed E-state index contributed by atoms with van der Waals surface area (Å²) in [6, 6.07) is 13.8. The fraction of sp³-hybridized carbons (Fsp3) is 0.367. The number of aliphatic carboxylic acids is 1. The number of nitrogens with one attached hydrogen (secondary N) is 4. The molecule has 0 aliphatic heterocycles. The summed E-state index contributed by atoms with van der Waals surface area (Å²) >= 11 is 0. The third-order valence-electron chi connectivity index (χ3n) is 6.49. The van der Waals surface area contributed by atoms with Crippen molar-refractivity contribution in [3.8, 4) is 0 Å². The molecule has 1 heterocycles. The van der Waals surface area contributed by atoms with Gasteiger partial charge in [-0.1, -0.05) is 74.5 Å². The molecule has 0 spiro atoms. The summed E-state index contributed by atoms with van der Waals surface area (Å²) in [7, 11) is 0. The van der Waals surface area contributed by atoms with Crippen molar-refractivity contribution in [1.29, 1.82) is 0 Å².